The van der Waals surface area contributed by atoms with Gasteiger partial charge in [0, 0.05) is 5.56 Å². The van der Waals surface area contributed by atoms with Crippen LogP contribution in [0.3, 0.4) is 0 Å². The van der Waals surface area contributed by atoms with Gasteiger partial charge in [0.15, 0.2) is 0 Å². The van der Waals surface area contributed by atoms with Crippen LogP contribution >= 0.6 is 23.2 Å². The van der Waals surface area contributed by atoms with Gasteiger partial charge in [-0.05, 0) is 11.6 Å². The molecule has 0 atom stereocenters. The van der Waals surface area contributed by atoms with Crippen LogP contribution in [-0.2, 0) is 0 Å². The molecule has 0 amide bonds. The lowest BCUT2D eigenvalue weighted by atomic mass is 10.0. The number of hydrogen-bond acceptors (Lipinski definition) is 2. The number of halogens is 2. The summed E-state index contributed by atoms with van der Waals surface area (Å²) in [5, 5.41) is 10.1. The second-order valence-electron chi connectivity index (χ2n) is 3.87. The summed E-state index contributed by atoms with van der Waals surface area (Å²) in [6.45, 7) is 0. The highest BCUT2D eigenvalue weighted by Crippen LogP contribution is 2.31. The zero-order valence-electron chi connectivity index (χ0n) is 9.90. The van der Waals surface area contributed by atoms with Crippen LogP contribution in [0.15, 0.2) is 48.5 Å². The first kappa shape index (κ1) is 13.5. The molecule has 0 aromatic heterocycles. The van der Waals surface area contributed by atoms with E-state index in [0.29, 0.717) is 26.9 Å². The van der Waals surface area contributed by atoms with Gasteiger partial charge in [0.1, 0.15) is 6.07 Å². The Morgan fingerprint density at radius 3 is 2.32 bits per heavy atom. The fraction of sp³-hybridized carbons (Fsp3) is 0. The Labute approximate surface area is 121 Å². The molecule has 2 rings (SSSR count). The van der Waals surface area contributed by atoms with E-state index in [1.54, 1.807) is 18.2 Å². The van der Waals surface area contributed by atoms with E-state index in [4.69, 9.17) is 28.9 Å². The van der Waals surface area contributed by atoms with Gasteiger partial charge in [0.05, 0.1) is 21.3 Å². The first-order chi connectivity index (χ1) is 9.15. The lowest BCUT2D eigenvalue weighted by Gasteiger charge is -2.09. The summed E-state index contributed by atoms with van der Waals surface area (Å²) in [6.07, 6.45) is 0. The van der Waals surface area contributed by atoms with E-state index in [1.165, 1.54) is 0 Å². The minimum absolute atomic E-state index is 0.321. The van der Waals surface area contributed by atoms with Crippen molar-refractivity contribution in [3.8, 4) is 6.07 Å². The smallest absolute Gasteiger partial charge is 0.102 e. The van der Waals surface area contributed by atoms with E-state index in [1.807, 2.05) is 30.3 Å². The molecule has 2 aromatic rings. The van der Waals surface area contributed by atoms with Gasteiger partial charge in [0.25, 0.3) is 0 Å². The fourth-order valence-corrected chi connectivity index (χ4v) is 2.13. The summed E-state index contributed by atoms with van der Waals surface area (Å²) in [7, 11) is 0. The number of nitriles is 1. The normalized spacial score (nSPS) is 11.6. The van der Waals surface area contributed by atoms with Gasteiger partial charge in [-0.3, -0.25) is 0 Å². The average Bonchev–Trinajstić information content (AvgIpc) is 2.44. The molecule has 0 aliphatic rings. The molecule has 0 aliphatic heterocycles. The van der Waals surface area contributed by atoms with Crippen molar-refractivity contribution in [1.29, 1.82) is 5.26 Å². The lowest BCUT2D eigenvalue weighted by Crippen LogP contribution is -2.01. The maximum Gasteiger partial charge on any atom is 0.102 e. The number of benzene rings is 2. The van der Waals surface area contributed by atoms with E-state index in [0.717, 1.165) is 5.56 Å². The summed E-state index contributed by atoms with van der Waals surface area (Å²) in [4.78, 5) is 0. The Morgan fingerprint density at radius 2 is 1.68 bits per heavy atom. The molecule has 2 N–H and O–H groups in total. The second-order valence-corrected chi connectivity index (χ2v) is 4.65. The third kappa shape index (κ3) is 2.73. The summed E-state index contributed by atoms with van der Waals surface area (Å²) >= 11 is 12.1. The van der Waals surface area contributed by atoms with Gasteiger partial charge >= 0.3 is 0 Å². The summed E-state index contributed by atoms with van der Waals surface area (Å²) in [6, 6.07) is 16.5. The molecule has 0 saturated heterocycles. The molecule has 0 fully saturated rings. The summed E-state index contributed by atoms with van der Waals surface area (Å²) in [5.74, 6) is 0. The molecule has 0 spiro atoms. The molecule has 4 heteroatoms. The molecular formula is C15H10Cl2N2. The predicted octanol–water partition coefficient (Wildman–Crippen LogP) is 4.34. The Kier molecular flexibility index (Phi) is 4.11. The van der Waals surface area contributed by atoms with E-state index in [-0.39, 0.29) is 0 Å². The van der Waals surface area contributed by atoms with E-state index in [9.17, 15) is 5.26 Å². The minimum Gasteiger partial charge on any atom is -0.397 e. The maximum atomic E-state index is 9.31. The topological polar surface area (TPSA) is 49.8 Å². The number of hydrogen-bond donors (Lipinski definition) is 1. The third-order valence-electron chi connectivity index (χ3n) is 2.69. The highest BCUT2D eigenvalue weighted by atomic mass is 35.5. The number of nitrogens with zero attached hydrogens (tertiary/aromatic N) is 1. The van der Waals surface area contributed by atoms with Crippen LogP contribution in [-0.4, -0.2) is 0 Å². The van der Waals surface area contributed by atoms with E-state index >= 15 is 0 Å². The molecule has 19 heavy (non-hydrogen) atoms. The molecule has 0 saturated carbocycles. The Balaban J connectivity index is 2.63. The first-order valence-corrected chi connectivity index (χ1v) is 6.30. The summed E-state index contributed by atoms with van der Waals surface area (Å²) < 4.78 is 0. The molecule has 0 unspecified atom stereocenters. The number of rotatable bonds is 2. The molecule has 0 bridgehead atoms. The Hall–Kier alpha value is -1.95. The van der Waals surface area contributed by atoms with Gasteiger partial charge in [-0.25, -0.2) is 0 Å². The average molecular weight is 289 g/mol. The monoisotopic (exact) mass is 288 g/mol. The van der Waals surface area contributed by atoms with Gasteiger partial charge in [0.2, 0.25) is 0 Å². The predicted molar refractivity (Wildman–Crippen MR) is 79.5 cm³/mol. The van der Waals surface area contributed by atoms with Crippen molar-refractivity contribution in [2.24, 2.45) is 5.73 Å². The van der Waals surface area contributed by atoms with Crippen molar-refractivity contribution >= 4 is 34.5 Å². The van der Waals surface area contributed by atoms with Gasteiger partial charge in [-0.2, -0.15) is 5.26 Å². The molecule has 0 heterocycles. The Bertz CT molecular complexity index is 670. The SMILES string of the molecule is N#C/C(=C(/N)c1cccc(Cl)c1Cl)c1ccccc1. The van der Waals surface area contributed by atoms with Crippen molar-refractivity contribution in [3.63, 3.8) is 0 Å². The molecule has 0 radical (unpaired) electrons. The van der Waals surface area contributed by atoms with Crippen LogP contribution in [0.2, 0.25) is 10.0 Å². The van der Waals surface area contributed by atoms with Crippen molar-refractivity contribution < 1.29 is 0 Å². The molecule has 94 valence electrons. The van der Waals surface area contributed by atoms with Crippen molar-refractivity contribution in [2.45, 2.75) is 0 Å². The second kappa shape index (κ2) is 5.79. The van der Waals surface area contributed by atoms with Crippen LogP contribution in [0, 0.1) is 11.3 Å². The largest absolute Gasteiger partial charge is 0.397 e. The highest BCUT2D eigenvalue weighted by Gasteiger charge is 2.12. The van der Waals surface area contributed by atoms with Gasteiger partial charge < -0.3 is 5.73 Å². The summed E-state index contributed by atoms with van der Waals surface area (Å²) in [5.41, 5.74) is 8.08. The van der Waals surface area contributed by atoms with Crippen LogP contribution in [0.5, 0.6) is 0 Å². The molecule has 2 nitrogen and oxygen atoms in total. The zero-order chi connectivity index (χ0) is 13.8. The molecule has 0 aliphatic carbocycles. The standard InChI is InChI=1S/C15H10Cl2N2/c16-13-8-4-7-11(14(13)17)15(19)12(9-18)10-5-2-1-3-6-10/h1-8H,19H2/b15-12-. The number of nitrogens with two attached hydrogens (primary N) is 1. The van der Waals surface area contributed by atoms with Gasteiger partial charge in [-0.1, -0.05) is 65.7 Å². The van der Waals surface area contributed by atoms with Crippen LogP contribution in [0.25, 0.3) is 11.3 Å². The van der Waals surface area contributed by atoms with Crippen LogP contribution < -0.4 is 5.73 Å². The van der Waals surface area contributed by atoms with E-state index < -0.39 is 0 Å². The zero-order valence-corrected chi connectivity index (χ0v) is 11.4. The number of allylic oxidation sites excluding steroid dienone is 1. The molecule has 2 aromatic carbocycles. The first-order valence-electron chi connectivity index (χ1n) is 5.54. The van der Waals surface area contributed by atoms with Crippen LogP contribution in [0.1, 0.15) is 11.1 Å². The third-order valence-corrected chi connectivity index (χ3v) is 3.50. The fourth-order valence-electron chi connectivity index (χ4n) is 1.73. The molecular weight excluding hydrogens is 279 g/mol. The van der Waals surface area contributed by atoms with Crippen molar-refractivity contribution in [2.75, 3.05) is 0 Å². The van der Waals surface area contributed by atoms with Crippen molar-refractivity contribution in [3.05, 3.63) is 69.7 Å². The quantitative estimate of drug-likeness (QED) is 0.660. The minimum atomic E-state index is 0.321. The maximum absolute atomic E-state index is 9.31. The van der Waals surface area contributed by atoms with Gasteiger partial charge in [-0.15, -0.1) is 0 Å². The lowest BCUT2D eigenvalue weighted by molar-refractivity contribution is 1.48. The van der Waals surface area contributed by atoms with Crippen molar-refractivity contribution in [1.82, 2.24) is 0 Å². The highest BCUT2D eigenvalue weighted by molar-refractivity contribution is 6.43. The van der Waals surface area contributed by atoms with Crippen LogP contribution in [0.4, 0.5) is 0 Å². The van der Waals surface area contributed by atoms with E-state index in [2.05, 4.69) is 6.07 Å². The Morgan fingerprint density at radius 1 is 1.00 bits per heavy atom.